The summed E-state index contributed by atoms with van der Waals surface area (Å²) < 4.78 is 2.03. The van der Waals surface area contributed by atoms with Crippen LogP contribution in [0.3, 0.4) is 0 Å². The van der Waals surface area contributed by atoms with Crippen molar-refractivity contribution in [3.63, 3.8) is 0 Å². The SMILES string of the molecule is CCc1nn(C)c(CC)c1CNC(C)CC. The molecule has 3 heteroatoms. The summed E-state index contributed by atoms with van der Waals surface area (Å²) in [7, 11) is 2.05. The van der Waals surface area contributed by atoms with Crippen molar-refractivity contribution in [1.82, 2.24) is 15.1 Å². The predicted molar refractivity (Wildman–Crippen MR) is 68.6 cm³/mol. The number of aromatic nitrogens is 2. The van der Waals surface area contributed by atoms with Crippen LogP contribution in [-0.2, 0) is 26.4 Å². The average Bonchev–Trinajstić information content (AvgIpc) is 2.61. The fourth-order valence-corrected chi connectivity index (χ4v) is 2.01. The van der Waals surface area contributed by atoms with Crippen LogP contribution in [0.1, 0.15) is 51.1 Å². The van der Waals surface area contributed by atoms with Gasteiger partial charge in [0.1, 0.15) is 0 Å². The highest BCUT2D eigenvalue weighted by molar-refractivity contribution is 5.26. The van der Waals surface area contributed by atoms with Gasteiger partial charge in [0.15, 0.2) is 0 Å². The predicted octanol–water partition coefficient (Wildman–Crippen LogP) is 2.43. The molecule has 0 aliphatic heterocycles. The van der Waals surface area contributed by atoms with Gasteiger partial charge < -0.3 is 5.32 Å². The van der Waals surface area contributed by atoms with E-state index in [0.717, 1.165) is 19.4 Å². The number of aryl methyl sites for hydroxylation is 2. The van der Waals surface area contributed by atoms with Gasteiger partial charge in [0.2, 0.25) is 0 Å². The van der Waals surface area contributed by atoms with E-state index in [-0.39, 0.29) is 0 Å². The van der Waals surface area contributed by atoms with E-state index in [1.165, 1.54) is 23.4 Å². The largest absolute Gasteiger partial charge is 0.310 e. The highest BCUT2D eigenvalue weighted by Gasteiger charge is 2.13. The molecule has 0 amide bonds. The lowest BCUT2D eigenvalue weighted by Crippen LogP contribution is -2.25. The first kappa shape index (κ1) is 13.2. The normalized spacial score (nSPS) is 13.1. The Kier molecular flexibility index (Phi) is 5.00. The fraction of sp³-hybridized carbons (Fsp3) is 0.769. The third-order valence-corrected chi connectivity index (χ3v) is 3.27. The second-order valence-corrected chi connectivity index (χ2v) is 4.39. The van der Waals surface area contributed by atoms with E-state index in [2.05, 4.69) is 38.1 Å². The molecule has 1 unspecified atom stereocenters. The van der Waals surface area contributed by atoms with Crippen molar-refractivity contribution in [3.05, 3.63) is 17.0 Å². The summed E-state index contributed by atoms with van der Waals surface area (Å²) in [6.45, 7) is 9.77. The van der Waals surface area contributed by atoms with E-state index < -0.39 is 0 Å². The number of rotatable bonds is 6. The zero-order chi connectivity index (χ0) is 12.1. The standard InChI is InChI=1S/C13H25N3/c1-6-10(4)14-9-11-12(7-2)15-16(5)13(11)8-3/h10,14H,6-9H2,1-5H3. The summed E-state index contributed by atoms with van der Waals surface area (Å²) in [6, 6.07) is 0.578. The van der Waals surface area contributed by atoms with Gasteiger partial charge in [-0.15, -0.1) is 0 Å². The van der Waals surface area contributed by atoms with Gasteiger partial charge in [-0.2, -0.15) is 5.10 Å². The molecular formula is C13H25N3. The van der Waals surface area contributed by atoms with E-state index in [1.54, 1.807) is 0 Å². The maximum absolute atomic E-state index is 4.58. The van der Waals surface area contributed by atoms with Crippen molar-refractivity contribution >= 4 is 0 Å². The van der Waals surface area contributed by atoms with Crippen molar-refractivity contribution < 1.29 is 0 Å². The Bertz CT molecular complexity index is 328. The van der Waals surface area contributed by atoms with Gasteiger partial charge in [0, 0.05) is 30.9 Å². The van der Waals surface area contributed by atoms with Crippen molar-refractivity contribution in [2.45, 2.75) is 59.5 Å². The third kappa shape index (κ3) is 2.85. The fourth-order valence-electron chi connectivity index (χ4n) is 2.01. The first-order valence-electron chi connectivity index (χ1n) is 6.40. The lowest BCUT2D eigenvalue weighted by molar-refractivity contribution is 0.530. The van der Waals surface area contributed by atoms with Crippen molar-refractivity contribution in [3.8, 4) is 0 Å². The Morgan fingerprint density at radius 1 is 1.25 bits per heavy atom. The van der Waals surface area contributed by atoms with Crippen LogP contribution in [0.5, 0.6) is 0 Å². The zero-order valence-electron chi connectivity index (χ0n) is 11.3. The Morgan fingerprint density at radius 2 is 1.94 bits per heavy atom. The summed E-state index contributed by atoms with van der Waals surface area (Å²) in [5, 5.41) is 8.14. The molecule has 0 bridgehead atoms. The second-order valence-electron chi connectivity index (χ2n) is 4.39. The van der Waals surface area contributed by atoms with E-state index >= 15 is 0 Å². The van der Waals surface area contributed by atoms with Crippen LogP contribution in [0, 0.1) is 0 Å². The van der Waals surface area contributed by atoms with Crippen molar-refractivity contribution in [1.29, 1.82) is 0 Å². The van der Waals surface area contributed by atoms with Crippen molar-refractivity contribution in [2.75, 3.05) is 0 Å². The lowest BCUT2D eigenvalue weighted by Gasteiger charge is -2.12. The van der Waals surface area contributed by atoms with Gasteiger partial charge >= 0.3 is 0 Å². The molecule has 1 rings (SSSR count). The maximum atomic E-state index is 4.58. The highest BCUT2D eigenvalue weighted by Crippen LogP contribution is 2.15. The molecular weight excluding hydrogens is 198 g/mol. The van der Waals surface area contributed by atoms with E-state index in [4.69, 9.17) is 0 Å². The Hall–Kier alpha value is -0.830. The molecule has 0 radical (unpaired) electrons. The van der Waals surface area contributed by atoms with E-state index in [0.29, 0.717) is 6.04 Å². The summed E-state index contributed by atoms with van der Waals surface area (Å²) in [5.74, 6) is 0. The summed E-state index contributed by atoms with van der Waals surface area (Å²) in [4.78, 5) is 0. The minimum absolute atomic E-state index is 0.578. The maximum Gasteiger partial charge on any atom is 0.0669 e. The first-order chi connectivity index (χ1) is 7.63. The molecule has 0 aliphatic carbocycles. The molecule has 16 heavy (non-hydrogen) atoms. The molecule has 0 fully saturated rings. The highest BCUT2D eigenvalue weighted by atomic mass is 15.3. The van der Waals surface area contributed by atoms with Gasteiger partial charge in [-0.1, -0.05) is 20.8 Å². The van der Waals surface area contributed by atoms with Gasteiger partial charge in [-0.25, -0.2) is 0 Å². The van der Waals surface area contributed by atoms with Crippen molar-refractivity contribution in [2.24, 2.45) is 7.05 Å². The number of nitrogens with one attached hydrogen (secondary N) is 1. The molecule has 1 aromatic rings. The van der Waals surface area contributed by atoms with Gasteiger partial charge in [0.05, 0.1) is 5.69 Å². The number of nitrogens with zero attached hydrogens (tertiary/aromatic N) is 2. The quantitative estimate of drug-likeness (QED) is 0.802. The minimum Gasteiger partial charge on any atom is -0.310 e. The minimum atomic E-state index is 0.578. The topological polar surface area (TPSA) is 29.9 Å². The average molecular weight is 223 g/mol. The zero-order valence-corrected chi connectivity index (χ0v) is 11.3. The molecule has 3 nitrogen and oxygen atoms in total. The third-order valence-electron chi connectivity index (χ3n) is 3.27. The molecule has 1 atom stereocenters. The van der Waals surface area contributed by atoms with Gasteiger partial charge in [-0.3, -0.25) is 4.68 Å². The molecule has 0 spiro atoms. The molecule has 0 aromatic carbocycles. The van der Waals surface area contributed by atoms with Gasteiger partial charge in [0.25, 0.3) is 0 Å². The molecule has 0 saturated carbocycles. The molecule has 0 aliphatic rings. The van der Waals surface area contributed by atoms with Crippen LogP contribution in [0.4, 0.5) is 0 Å². The molecule has 1 heterocycles. The Balaban J connectivity index is 2.83. The van der Waals surface area contributed by atoms with E-state index in [9.17, 15) is 0 Å². The second kappa shape index (κ2) is 6.04. The van der Waals surface area contributed by atoms with Crippen LogP contribution < -0.4 is 5.32 Å². The molecule has 1 N–H and O–H groups in total. The van der Waals surface area contributed by atoms with Crippen LogP contribution in [-0.4, -0.2) is 15.8 Å². The number of hydrogen-bond donors (Lipinski definition) is 1. The lowest BCUT2D eigenvalue weighted by atomic mass is 10.1. The molecule has 0 saturated heterocycles. The monoisotopic (exact) mass is 223 g/mol. The smallest absolute Gasteiger partial charge is 0.0669 e. The first-order valence-corrected chi connectivity index (χ1v) is 6.40. The molecule has 1 aromatic heterocycles. The van der Waals surface area contributed by atoms with Crippen LogP contribution in [0.25, 0.3) is 0 Å². The van der Waals surface area contributed by atoms with Crippen LogP contribution in [0.2, 0.25) is 0 Å². The van der Waals surface area contributed by atoms with Gasteiger partial charge in [-0.05, 0) is 26.2 Å². The Morgan fingerprint density at radius 3 is 2.44 bits per heavy atom. The summed E-state index contributed by atoms with van der Waals surface area (Å²) >= 11 is 0. The molecule has 92 valence electrons. The summed E-state index contributed by atoms with van der Waals surface area (Å²) in [5.41, 5.74) is 4.02. The number of hydrogen-bond acceptors (Lipinski definition) is 2. The van der Waals surface area contributed by atoms with E-state index in [1.807, 2.05) is 11.7 Å². The Labute approximate surface area is 99.2 Å². The van der Waals surface area contributed by atoms with Crippen LogP contribution in [0.15, 0.2) is 0 Å². The summed E-state index contributed by atoms with van der Waals surface area (Å²) in [6.07, 6.45) is 3.25. The van der Waals surface area contributed by atoms with Crippen LogP contribution >= 0.6 is 0 Å².